The Hall–Kier alpha value is -0.770. The van der Waals surface area contributed by atoms with Crippen molar-refractivity contribution in [1.82, 2.24) is 5.32 Å². The minimum atomic E-state index is -0.504. The summed E-state index contributed by atoms with van der Waals surface area (Å²) in [6.45, 7) is 6.42. The Balaban J connectivity index is 3.01. The summed E-state index contributed by atoms with van der Waals surface area (Å²) < 4.78 is 0. The van der Waals surface area contributed by atoms with E-state index in [0.29, 0.717) is 16.6 Å². The number of benzene rings is 1. The summed E-state index contributed by atoms with van der Waals surface area (Å²) in [5, 5.41) is 3.99. The molecule has 0 unspecified atom stereocenters. The fraction of sp³-hybridized carbons (Fsp3) is 0.533. The first-order chi connectivity index (χ1) is 9.36. The SMILES string of the molecule is CCC(CC)(CNC(=O)[C@H](C)N)c1ccc(Cl)c(Cl)c1. The van der Waals surface area contributed by atoms with E-state index in [1.807, 2.05) is 12.1 Å². The number of nitrogens with two attached hydrogens (primary N) is 1. The van der Waals surface area contributed by atoms with E-state index in [-0.39, 0.29) is 11.3 Å². The second-order valence-corrected chi connectivity index (χ2v) is 5.94. The second-order valence-electron chi connectivity index (χ2n) is 5.12. The highest BCUT2D eigenvalue weighted by molar-refractivity contribution is 6.42. The predicted octanol–water partition coefficient (Wildman–Crippen LogP) is 3.51. The van der Waals surface area contributed by atoms with Gasteiger partial charge in [0.05, 0.1) is 16.1 Å². The van der Waals surface area contributed by atoms with Crippen LogP contribution >= 0.6 is 23.2 Å². The Morgan fingerprint density at radius 2 is 1.90 bits per heavy atom. The van der Waals surface area contributed by atoms with Gasteiger partial charge in [0, 0.05) is 12.0 Å². The van der Waals surface area contributed by atoms with Crippen LogP contribution in [-0.4, -0.2) is 18.5 Å². The molecule has 0 saturated heterocycles. The van der Waals surface area contributed by atoms with Gasteiger partial charge in [0.1, 0.15) is 0 Å². The van der Waals surface area contributed by atoms with Crippen LogP contribution in [0.15, 0.2) is 18.2 Å². The van der Waals surface area contributed by atoms with E-state index in [2.05, 4.69) is 19.2 Å². The zero-order valence-electron chi connectivity index (χ0n) is 12.2. The van der Waals surface area contributed by atoms with Gasteiger partial charge in [-0.3, -0.25) is 4.79 Å². The zero-order chi connectivity index (χ0) is 15.3. The molecular weight excluding hydrogens is 295 g/mol. The predicted molar refractivity (Wildman–Crippen MR) is 85.4 cm³/mol. The molecule has 0 bridgehead atoms. The number of rotatable bonds is 6. The highest BCUT2D eigenvalue weighted by atomic mass is 35.5. The second kappa shape index (κ2) is 7.30. The Morgan fingerprint density at radius 1 is 1.30 bits per heavy atom. The van der Waals surface area contributed by atoms with E-state index < -0.39 is 6.04 Å². The summed E-state index contributed by atoms with van der Waals surface area (Å²) in [5.41, 5.74) is 6.51. The van der Waals surface area contributed by atoms with Gasteiger partial charge in [-0.05, 0) is 37.5 Å². The fourth-order valence-electron chi connectivity index (χ4n) is 2.25. The van der Waals surface area contributed by atoms with Crippen LogP contribution in [0.4, 0.5) is 0 Å². The maximum Gasteiger partial charge on any atom is 0.236 e. The molecule has 1 atom stereocenters. The minimum absolute atomic E-state index is 0.142. The molecular formula is C15H22Cl2N2O. The molecule has 3 N–H and O–H groups in total. The molecule has 0 fully saturated rings. The summed E-state index contributed by atoms with van der Waals surface area (Å²) in [4.78, 5) is 11.7. The third kappa shape index (κ3) is 3.87. The Morgan fingerprint density at radius 3 is 2.35 bits per heavy atom. The van der Waals surface area contributed by atoms with Gasteiger partial charge in [0.15, 0.2) is 0 Å². The van der Waals surface area contributed by atoms with Crippen LogP contribution in [0.3, 0.4) is 0 Å². The molecule has 1 aromatic carbocycles. The number of hydrogen-bond acceptors (Lipinski definition) is 2. The van der Waals surface area contributed by atoms with Crippen LogP contribution in [0, 0.1) is 0 Å². The minimum Gasteiger partial charge on any atom is -0.354 e. The molecule has 0 aliphatic rings. The third-order valence-corrected chi connectivity index (χ3v) is 4.64. The molecule has 5 heteroatoms. The summed E-state index contributed by atoms with van der Waals surface area (Å²) in [7, 11) is 0. The molecule has 0 saturated carbocycles. The molecule has 0 heterocycles. The molecule has 112 valence electrons. The molecule has 0 aliphatic heterocycles. The lowest BCUT2D eigenvalue weighted by Crippen LogP contribution is -2.45. The van der Waals surface area contributed by atoms with Gasteiger partial charge in [0.25, 0.3) is 0 Å². The monoisotopic (exact) mass is 316 g/mol. The third-order valence-electron chi connectivity index (χ3n) is 3.90. The van der Waals surface area contributed by atoms with Crippen molar-refractivity contribution in [3.8, 4) is 0 Å². The number of carbonyl (C=O) groups is 1. The molecule has 0 aliphatic carbocycles. The summed E-state index contributed by atoms with van der Waals surface area (Å²) in [5.74, 6) is -0.142. The highest BCUT2D eigenvalue weighted by Gasteiger charge is 2.29. The maximum atomic E-state index is 11.7. The molecule has 0 aromatic heterocycles. The van der Waals surface area contributed by atoms with Gasteiger partial charge < -0.3 is 11.1 Å². The van der Waals surface area contributed by atoms with E-state index in [4.69, 9.17) is 28.9 Å². The van der Waals surface area contributed by atoms with Gasteiger partial charge in [-0.1, -0.05) is 43.1 Å². The van der Waals surface area contributed by atoms with Crippen molar-refractivity contribution in [1.29, 1.82) is 0 Å². The normalized spacial score (nSPS) is 13.1. The standard InChI is InChI=1S/C15H22Cl2N2O/c1-4-15(5-2,9-19-14(20)10(3)18)11-6-7-12(16)13(17)8-11/h6-8,10H,4-5,9,18H2,1-3H3,(H,19,20)/t10-/m0/s1. The van der Waals surface area contributed by atoms with E-state index in [1.54, 1.807) is 13.0 Å². The van der Waals surface area contributed by atoms with Crippen LogP contribution in [0.25, 0.3) is 0 Å². The molecule has 1 aromatic rings. The molecule has 0 radical (unpaired) electrons. The van der Waals surface area contributed by atoms with Gasteiger partial charge in [-0.2, -0.15) is 0 Å². The number of amides is 1. The van der Waals surface area contributed by atoms with Gasteiger partial charge in [0.2, 0.25) is 5.91 Å². The lowest BCUT2D eigenvalue weighted by atomic mass is 9.75. The van der Waals surface area contributed by atoms with E-state index in [0.717, 1.165) is 18.4 Å². The molecule has 0 spiro atoms. The smallest absolute Gasteiger partial charge is 0.236 e. The Bertz CT molecular complexity index is 471. The van der Waals surface area contributed by atoms with Gasteiger partial charge in [-0.15, -0.1) is 0 Å². The van der Waals surface area contributed by atoms with Gasteiger partial charge in [-0.25, -0.2) is 0 Å². The highest BCUT2D eigenvalue weighted by Crippen LogP contribution is 2.34. The van der Waals surface area contributed by atoms with Crippen LogP contribution in [0.2, 0.25) is 10.0 Å². The van der Waals surface area contributed by atoms with Crippen molar-refractivity contribution >= 4 is 29.1 Å². The number of halogens is 2. The first-order valence-electron chi connectivity index (χ1n) is 6.85. The van der Waals surface area contributed by atoms with E-state index in [1.165, 1.54) is 0 Å². The first-order valence-corrected chi connectivity index (χ1v) is 7.60. The first kappa shape index (κ1) is 17.3. The van der Waals surface area contributed by atoms with Crippen molar-refractivity contribution in [3.05, 3.63) is 33.8 Å². The topological polar surface area (TPSA) is 55.1 Å². The number of hydrogen-bond donors (Lipinski definition) is 2. The van der Waals surface area contributed by atoms with E-state index in [9.17, 15) is 4.79 Å². The van der Waals surface area contributed by atoms with E-state index >= 15 is 0 Å². The largest absolute Gasteiger partial charge is 0.354 e. The quantitative estimate of drug-likeness (QED) is 0.843. The van der Waals surface area contributed by atoms with Gasteiger partial charge >= 0.3 is 0 Å². The van der Waals surface area contributed by atoms with Crippen molar-refractivity contribution in [2.45, 2.75) is 45.1 Å². The molecule has 1 amide bonds. The zero-order valence-corrected chi connectivity index (χ0v) is 13.7. The van der Waals surface area contributed by atoms with Crippen molar-refractivity contribution in [2.75, 3.05) is 6.54 Å². The summed E-state index contributed by atoms with van der Waals surface area (Å²) in [6.07, 6.45) is 1.78. The number of nitrogens with one attached hydrogen (secondary N) is 1. The molecule has 1 rings (SSSR count). The van der Waals surface area contributed by atoms with Crippen LogP contribution in [0.5, 0.6) is 0 Å². The molecule has 20 heavy (non-hydrogen) atoms. The van der Waals surface area contributed by atoms with Crippen LogP contribution in [-0.2, 0) is 10.2 Å². The van der Waals surface area contributed by atoms with Crippen molar-refractivity contribution in [3.63, 3.8) is 0 Å². The maximum absolute atomic E-state index is 11.7. The van der Waals surface area contributed by atoms with Crippen molar-refractivity contribution in [2.24, 2.45) is 5.73 Å². The average Bonchev–Trinajstić information content (AvgIpc) is 2.43. The van der Waals surface area contributed by atoms with Crippen LogP contribution < -0.4 is 11.1 Å². The summed E-state index contributed by atoms with van der Waals surface area (Å²) >= 11 is 12.1. The fourth-order valence-corrected chi connectivity index (χ4v) is 2.55. The summed E-state index contributed by atoms with van der Waals surface area (Å²) in [6, 6.07) is 5.15. The average molecular weight is 317 g/mol. The number of carbonyl (C=O) groups excluding carboxylic acids is 1. The molecule has 3 nitrogen and oxygen atoms in total. The lowest BCUT2D eigenvalue weighted by Gasteiger charge is -2.33. The van der Waals surface area contributed by atoms with Crippen LogP contribution in [0.1, 0.15) is 39.2 Å². The van der Waals surface area contributed by atoms with Crippen molar-refractivity contribution < 1.29 is 4.79 Å². The Labute approximate surface area is 130 Å². The Kier molecular flexibility index (Phi) is 6.31. The lowest BCUT2D eigenvalue weighted by molar-refractivity contribution is -0.122.